The number of nitrogens with zero attached hydrogens (tertiary/aromatic N) is 6. The van der Waals surface area contributed by atoms with Gasteiger partial charge in [0.2, 0.25) is 0 Å². The van der Waals surface area contributed by atoms with Crippen LogP contribution in [-0.4, -0.2) is 25.0 Å². The average Bonchev–Trinajstić information content (AvgIpc) is 3.58. The number of pyridine rings is 1. The van der Waals surface area contributed by atoms with Crippen molar-refractivity contribution in [1.82, 2.24) is 25.0 Å². The summed E-state index contributed by atoms with van der Waals surface area (Å²) in [6, 6.07) is 9.36. The van der Waals surface area contributed by atoms with Gasteiger partial charge < -0.3 is 15.1 Å². The van der Waals surface area contributed by atoms with E-state index >= 15 is 0 Å². The van der Waals surface area contributed by atoms with Crippen molar-refractivity contribution in [2.75, 3.05) is 10.6 Å². The van der Waals surface area contributed by atoms with Crippen LogP contribution in [-0.2, 0) is 5.54 Å². The van der Waals surface area contributed by atoms with E-state index in [2.05, 4.69) is 37.0 Å². The highest BCUT2D eigenvalue weighted by molar-refractivity contribution is 6.36. The molecular weight excluding hydrogens is 530 g/mol. The zero-order valence-electron chi connectivity index (χ0n) is 20.5. The highest BCUT2D eigenvalue weighted by Crippen LogP contribution is 2.37. The molecule has 0 unspecified atom stereocenters. The summed E-state index contributed by atoms with van der Waals surface area (Å²) in [4.78, 5) is 8.69. The van der Waals surface area contributed by atoms with Gasteiger partial charge in [0.1, 0.15) is 35.6 Å². The summed E-state index contributed by atoms with van der Waals surface area (Å²) in [6.07, 6.45) is 6.13. The summed E-state index contributed by atoms with van der Waals surface area (Å²) in [5, 5.41) is 25.9. The van der Waals surface area contributed by atoms with Crippen LogP contribution in [0.15, 0.2) is 59.8 Å². The van der Waals surface area contributed by atoms with Gasteiger partial charge in [-0.25, -0.2) is 14.1 Å². The molecule has 2 aromatic carbocycles. The second-order valence-corrected chi connectivity index (χ2v) is 10.3. The lowest BCUT2D eigenvalue weighted by Gasteiger charge is -2.19. The van der Waals surface area contributed by atoms with E-state index in [1.165, 1.54) is 37.1 Å². The lowest BCUT2D eigenvalue weighted by molar-refractivity contribution is 0.347. The lowest BCUT2D eigenvalue weighted by Crippen LogP contribution is -2.22. The number of hydrogen-bond acceptors (Lipinski definition) is 8. The normalized spacial score (nSPS) is 12.3. The number of fused-ring (bicyclic) bond motifs is 1. The van der Waals surface area contributed by atoms with E-state index in [-0.39, 0.29) is 16.1 Å². The number of nitrogens with one attached hydrogen (secondary N) is 2. The largest absolute Gasteiger partial charge is 0.451 e. The summed E-state index contributed by atoms with van der Waals surface area (Å²) in [6.45, 7) is 6.07. The smallest absolute Gasteiger partial charge is 0.180 e. The SMILES string of the molecule is CC(C)(C)n1cc([C@@H](Nc2cc(Cl)c3ncc(C#N)c(Nc4ccc(F)c(Cl)c4)c3c2)c2cocn2)nn1. The first-order chi connectivity index (χ1) is 18.1. The first-order valence-corrected chi connectivity index (χ1v) is 12.2. The zero-order valence-corrected chi connectivity index (χ0v) is 22.0. The molecule has 0 aliphatic rings. The number of nitriles is 1. The molecule has 0 saturated carbocycles. The molecule has 1 atom stereocenters. The van der Waals surface area contributed by atoms with E-state index in [0.717, 1.165) is 0 Å². The van der Waals surface area contributed by atoms with Crippen LogP contribution >= 0.6 is 23.2 Å². The molecule has 9 nitrogen and oxygen atoms in total. The molecule has 2 N–H and O–H groups in total. The van der Waals surface area contributed by atoms with E-state index in [1.54, 1.807) is 10.7 Å². The summed E-state index contributed by atoms with van der Waals surface area (Å²) >= 11 is 12.6. The van der Waals surface area contributed by atoms with Crippen LogP contribution in [0.3, 0.4) is 0 Å². The van der Waals surface area contributed by atoms with E-state index in [9.17, 15) is 9.65 Å². The lowest BCUT2D eigenvalue weighted by atomic mass is 10.1. The predicted octanol–water partition coefficient (Wildman–Crippen LogP) is 6.83. The van der Waals surface area contributed by atoms with Gasteiger partial charge in [0.15, 0.2) is 6.39 Å². The van der Waals surface area contributed by atoms with Crippen molar-refractivity contribution < 1.29 is 8.81 Å². The van der Waals surface area contributed by atoms with Gasteiger partial charge in [-0.3, -0.25) is 4.98 Å². The third-order valence-corrected chi connectivity index (χ3v) is 6.36. The summed E-state index contributed by atoms with van der Waals surface area (Å²) in [7, 11) is 0. The fraction of sp³-hybridized carbons (Fsp3) is 0.192. The Hall–Kier alpha value is -4.20. The van der Waals surface area contributed by atoms with Crippen molar-refractivity contribution in [3.63, 3.8) is 0 Å². The van der Waals surface area contributed by atoms with Crippen LogP contribution < -0.4 is 10.6 Å². The van der Waals surface area contributed by atoms with E-state index in [0.29, 0.717) is 44.4 Å². The number of anilines is 3. The molecule has 0 saturated heterocycles. The molecule has 3 heterocycles. The van der Waals surface area contributed by atoms with Gasteiger partial charge in [-0.1, -0.05) is 28.4 Å². The second-order valence-electron chi connectivity index (χ2n) is 9.52. The summed E-state index contributed by atoms with van der Waals surface area (Å²) in [5.74, 6) is -0.547. The Balaban J connectivity index is 1.60. The molecule has 0 aliphatic carbocycles. The maximum atomic E-state index is 13.7. The number of hydrogen-bond donors (Lipinski definition) is 2. The molecule has 5 aromatic rings. The molecule has 192 valence electrons. The molecule has 0 amide bonds. The fourth-order valence-electron chi connectivity index (χ4n) is 3.85. The van der Waals surface area contributed by atoms with Gasteiger partial charge in [-0.05, 0) is 51.1 Å². The third-order valence-electron chi connectivity index (χ3n) is 5.79. The Labute approximate surface area is 227 Å². The Morgan fingerprint density at radius 3 is 2.53 bits per heavy atom. The molecule has 12 heteroatoms. The molecule has 38 heavy (non-hydrogen) atoms. The number of aromatic nitrogens is 5. The number of benzene rings is 2. The molecule has 0 spiro atoms. The van der Waals surface area contributed by atoms with Crippen molar-refractivity contribution >= 4 is 51.2 Å². The number of rotatable bonds is 6. The topological polar surface area (TPSA) is 117 Å². The van der Waals surface area contributed by atoms with Gasteiger partial charge >= 0.3 is 0 Å². The Morgan fingerprint density at radius 1 is 1.08 bits per heavy atom. The van der Waals surface area contributed by atoms with Crippen molar-refractivity contribution in [1.29, 1.82) is 5.26 Å². The van der Waals surface area contributed by atoms with Crippen LogP contribution in [0, 0.1) is 17.1 Å². The average molecular weight is 551 g/mol. The molecule has 0 radical (unpaired) electrons. The zero-order chi connectivity index (χ0) is 27.0. The van der Waals surface area contributed by atoms with Crippen LogP contribution in [0.5, 0.6) is 0 Å². The van der Waals surface area contributed by atoms with Gasteiger partial charge in [-0.15, -0.1) is 5.10 Å². The Bertz CT molecular complexity index is 1670. The van der Waals surface area contributed by atoms with Crippen LogP contribution in [0.25, 0.3) is 10.9 Å². The molecule has 3 aromatic heterocycles. The van der Waals surface area contributed by atoms with E-state index in [4.69, 9.17) is 27.6 Å². The maximum absolute atomic E-state index is 13.7. The fourth-order valence-corrected chi connectivity index (χ4v) is 4.30. The second kappa shape index (κ2) is 9.93. The van der Waals surface area contributed by atoms with Crippen molar-refractivity contribution in [3.05, 3.63) is 88.2 Å². The first-order valence-electron chi connectivity index (χ1n) is 11.5. The van der Waals surface area contributed by atoms with Crippen molar-refractivity contribution in [2.45, 2.75) is 32.4 Å². The van der Waals surface area contributed by atoms with Gasteiger partial charge in [0, 0.05) is 23.0 Å². The molecule has 0 aliphatic heterocycles. The molecular formula is C26H21Cl2FN8O. The van der Waals surface area contributed by atoms with Crippen LogP contribution in [0.1, 0.15) is 43.8 Å². The summed E-state index contributed by atoms with van der Waals surface area (Å²) < 4.78 is 20.7. The van der Waals surface area contributed by atoms with E-state index in [1.807, 2.05) is 33.0 Å². The molecule has 0 bridgehead atoms. The van der Waals surface area contributed by atoms with Crippen LogP contribution in [0.4, 0.5) is 21.5 Å². The van der Waals surface area contributed by atoms with Crippen molar-refractivity contribution in [2.24, 2.45) is 0 Å². The summed E-state index contributed by atoms with van der Waals surface area (Å²) in [5.41, 5.74) is 3.23. The minimum absolute atomic E-state index is 0.0500. The predicted molar refractivity (Wildman–Crippen MR) is 143 cm³/mol. The first kappa shape index (κ1) is 25.4. The molecule has 0 fully saturated rings. The minimum Gasteiger partial charge on any atom is -0.451 e. The monoisotopic (exact) mass is 550 g/mol. The third kappa shape index (κ3) is 4.98. The van der Waals surface area contributed by atoms with Gasteiger partial charge in [-0.2, -0.15) is 5.26 Å². The Morgan fingerprint density at radius 2 is 1.87 bits per heavy atom. The Kier molecular flexibility index (Phi) is 6.65. The van der Waals surface area contributed by atoms with Crippen molar-refractivity contribution in [3.8, 4) is 6.07 Å². The van der Waals surface area contributed by atoms with Crippen LogP contribution in [0.2, 0.25) is 10.0 Å². The number of oxazole rings is 1. The highest BCUT2D eigenvalue weighted by Gasteiger charge is 2.24. The number of halogens is 3. The highest BCUT2D eigenvalue weighted by atomic mass is 35.5. The van der Waals surface area contributed by atoms with Gasteiger partial charge in [0.05, 0.1) is 38.5 Å². The molecule has 5 rings (SSSR count). The van der Waals surface area contributed by atoms with E-state index < -0.39 is 11.9 Å². The quantitative estimate of drug-likeness (QED) is 0.236. The maximum Gasteiger partial charge on any atom is 0.180 e. The van der Waals surface area contributed by atoms with Gasteiger partial charge in [0.25, 0.3) is 0 Å². The standard InChI is InChI=1S/C26H21Cl2FN8O/c1-26(2,3)37-11-21(35-36-37)25(22-12-38-13-32-22)34-16-6-17-23(33-15-4-5-20(29)18(27)7-15)14(9-30)10-31-24(17)19(28)8-16/h4-8,10-13,25,34H,1-3H3,(H,31,33)/t25-/m1/s1. The minimum atomic E-state index is -0.547.